The Bertz CT molecular complexity index is 795. The van der Waals surface area contributed by atoms with Gasteiger partial charge in [-0.2, -0.15) is 0 Å². The van der Waals surface area contributed by atoms with Gasteiger partial charge in [-0.3, -0.25) is 0 Å². The van der Waals surface area contributed by atoms with E-state index in [9.17, 15) is 0 Å². The first-order chi connectivity index (χ1) is 17.8. The molecule has 6 heteroatoms. The number of hydrogen-bond acceptors (Lipinski definition) is 0. The van der Waals surface area contributed by atoms with Gasteiger partial charge in [0, 0.05) is 32.3 Å². The minimum absolute atomic E-state index is 0.592. The normalized spacial score (nSPS) is 19.5. The summed E-state index contributed by atoms with van der Waals surface area (Å²) in [6, 6.07) is 12.3. The fourth-order valence-electron chi connectivity index (χ4n) is 7.23. The van der Waals surface area contributed by atoms with E-state index in [2.05, 4.69) is 156 Å². The highest BCUT2D eigenvalue weighted by atomic mass is 28.3. The van der Waals surface area contributed by atoms with Crippen molar-refractivity contribution in [3.8, 4) is 0 Å². The molecule has 242 valence electrons. The van der Waals surface area contributed by atoms with Crippen molar-refractivity contribution in [2.24, 2.45) is 5.41 Å². The number of hydrogen-bond donors (Lipinski definition) is 0. The van der Waals surface area contributed by atoms with Gasteiger partial charge in [-0.15, -0.1) is 0 Å². The van der Waals surface area contributed by atoms with E-state index in [1.807, 2.05) is 0 Å². The molecule has 0 nitrogen and oxygen atoms in total. The largest absolute Gasteiger partial charge is 0.0775 e. The quantitative estimate of drug-likeness (QED) is 0.242. The molecule has 0 atom stereocenters. The zero-order chi connectivity index (χ0) is 32.9. The molecule has 0 amide bonds. The van der Waals surface area contributed by atoms with E-state index in [0.717, 1.165) is 11.1 Å². The summed E-state index contributed by atoms with van der Waals surface area (Å²) in [6.07, 6.45) is 6.19. The van der Waals surface area contributed by atoms with Gasteiger partial charge in [0.2, 0.25) is 0 Å². The highest BCUT2D eigenvalue weighted by Crippen LogP contribution is 2.45. The van der Waals surface area contributed by atoms with Crippen molar-refractivity contribution in [2.45, 2.75) is 181 Å². The average Bonchev–Trinajstić information content (AvgIpc) is 2.69. The highest BCUT2D eigenvalue weighted by Gasteiger charge is 2.35. The van der Waals surface area contributed by atoms with E-state index in [4.69, 9.17) is 0 Å². The lowest BCUT2D eigenvalue weighted by Crippen LogP contribution is -2.42. The minimum atomic E-state index is -1.10. The van der Waals surface area contributed by atoms with E-state index >= 15 is 0 Å². The lowest BCUT2D eigenvalue weighted by atomic mass is 9.99. The minimum Gasteiger partial charge on any atom is -0.0695 e. The van der Waals surface area contributed by atoms with Crippen LogP contribution in [0.3, 0.4) is 0 Å². The summed E-state index contributed by atoms with van der Waals surface area (Å²) < 4.78 is 0. The molecule has 0 heterocycles. The van der Waals surface area contributed by atoms with Crippen molar-refractivity contribution in [3.05, 3.63) is 24.3 Å². The zero-order valence-electron chi connectivity index (χ0n) is 32.2. The molecule has 0 spiro atoms. The van der Waals surface area contributed by atoms with Crippen LogP contribution in [0.2, 0.25) is 141 Å². The van der Waals surface area contributed by atoms with Crippen LogP contribution in [-0.4, -0.2) is 48.4 Å². The third-order valence-electron chi connectivity index (χ3n) is 8.81. The topological polar surface area (TPSA) is 0 Å². The Morgan fingerprint density at radius 3 is 0.829 bits per heavy atom. The summed E-state index contributed by atoms with van der Waals surface area (Å²) in [5.74, 6) is 0. The molecule has 0 N–H and O–H groups in total. The Balaban J connectivity index is 0.000000586. The van der Waals surface area contributed by atoms with Crippen LogP contribution >= 0.6 is 0 Å². The molecule has 0 bridgehead atoms. The van der Waals surface area contributed by atoms with Crippen LogP contribution in [-0.2, 0) is 0 Å². The standard InChI is InChI=1S/C12H28Si2.C12H22Si2.C11H28Si2/c2*1-13(2,3)11-7-9-12(10-8-11)14(4,5)6;1-11(2,9-12(3,4)5)10-13(6,7)8/h11-12H,7-10H2,1-6H3;7-10H,1-6H3;9-10H2,1-8H3. The van der Waals surface area contributed by atoms with Crippen LogP contribution in [0, 0.1) is 5.41 Å². The Kier molecular flexibility index (Phi) is 15.4. The Morgan fingerprint density at radius 1 is 0.463 bits per heavy atom. The van der Waals surface area contributed by atoms with Crippen molar-refractivity contribution in [2.75, 3.05) is 0 Å². The van der Waals surface area contributed by atoms with Gasteiger partial charge in [-0.05, 0) is 16.5 Å². The summed E-state index contributed by atoms with van der Waals surface area (Å²) >= 11 is 0. The molecule has 0 saturated heterocycles. The second-order valence-corrected chi connectivity index (χ2v) is 53.2. The van der Waals surface area contributed by atoms with Gasteiger partial charge in [-0.25, -0.2) is 0 Å². The van der Waals surface area contributed by atoms with Crippen LogP contribution in [0.25, 0.3) is 0 Å². The molecule has 0 unspecified atom stereocenters. The van der Waals surface area contributed by atoms with E-state index < -0.39 is 48.4 Å². The van der Waals surface area contributed by atoms with Crippen LogP contribution in [0.15, 0.2) is 24.3 Å². The maximum absolute atomic E-state index is 2.55. The van der Waals surface area contributed by atoms with Crippen LogP contribution < -0.4 is 10.4 Å². The molecular weight excluding hydrogens is 589 g/mol. The molecular formula is C35H78Si6. The van der Waals surface area contributed by atoms with Crippen molar-refractivity contribution in [1.29, 1.82) is 0 Å². The second kappa shape index (κ2) is 15.2. The number of benzene rings is 1. The molecule has 0 radical (unpaired) electrons. The molecule has 1 aliphatic rings. The van der Waals surface area contributed by atoms with E-state index in [0.29, 0.717) is 5.41 Å². The second-order valence-electron chi connectivity index (χ2n) is 21.0. The molecule has 41 heavy (non-hydrogen) atoms. The van der Waals surface area contributed by atoms with E-state index in [1.165, 1.54) is 12.1 Å². The van der Waals surface area contributed by atoms with Crippen molar-refractivity contribution < 1.29 is 0 Å². The monoisotopic (exact) mass is 666 g/mol. The summed E-state index contributed by atoms with van der Waals surface area (Å²) in [5, 5.41) is 3.14. The fourth-order valence-corrected chi connectivity index (χ4v) is 19.9. The van der Waals surface area contributed by atoms with E-state index in [1.54, 1.807) is 36.1 Å². The first kappa shape index (κ1) is 41.5. The molecule has 1 saturated carbocycles. The smallest absolute Gasteiger partial charge is 0.0695 e. The van der Waals surface area contributed by atoms with Gasteiger partial charge in [-0.1, -0.05) is 204 Å². The maximum Gasteiger partial charge on any atom is 0.0775 e. The molecule has 1 aromatic carbocycles. The molecule has 1 aliphatic carbocycles. The summed E-state index contributed by atoms with van der Waals surface area (Å²) in [4.78, 5) is 0. The van der Waals surface area contributed by atoms with Gasteiger partial charge < -0.3 is 0 Å². The van der Waals surface area contributed by atoms with Gasteiger partial charge in [0.25, 0.3) is 0 Å². The lowest BCUT2D eigenvalue weighted by Gasteiger charge is -2.40. The predicted molar refractivity (Wildman–Crippen MR) is 215 cm³/mol. The summed E-state index contributed by atoms with van der Waals surface area (Å²) in [5.41, 5.74) is 2.83. The summed E-state index contributed by atoms with van der Waals surface area (Å²) in [6.45, 7) is 49.5. The van der Waals surface area contributed by atoms with Gasteiger partial charge in [0.05, 0.1) is 16.1 Å². The first-order valence-corrected chi connectivity index (χ1v) is 38.5. The third kappa shape index (κ3) is 18.8. The molecule has 2 rings (SSSR count). The molecule has 0 aliphatic heterocycles. The zero-order valence-corrected chi connectivity index (χ0v) is 38.2. The van der Waals surface area contributed by atoms with Crippen molar-refractivity contribution in [3.63, 3.8) is 0 Å². The first-order valence-electron chi connectivity index (χ1n) is 16.9. The van der Waals surface area contributed by atoms with E-state index in [-0.39, 0.29) is 0 Å². The van der Waals surface area contributed by atoms with Crippen molar-refractivity contribution >= 4 is 58.8 Å². The Labute approximate surface area is 267 Å². The Morgan fingerprint density at radius 2 is 0.683 bits per heavy atom. The van der Waals surface area contributed by atoms with Crippen molar-refractivity contribution in [1.82, 2.24) is 0 Å². The third-order valence-corrected chi connectivity index (χ3v) is 23.0. The van der Waals surface area contributed by atoms with Gasteiger partial charge >= 0.3 is 0 Å². The maximum atomic E-state index is 2.55. The average molecular weight is 668 g/mol. The van der Waals surface area contributed by atoms with Crippen LogP contribution in [0.5, 0.6) is 0 Å². The van der Waals surface area contributed by atoms with Crippen LogP contribution in [0.1, 0.15) is 39.5 Å². The summed E-state index contributed by atoms with van der Waals surface area (Å²) in [7, 11) is -5.60. The SMILES string of the molecule is CC(C)(C[Si](C)(C)C)C[Si](C)(C)C.C[Si](C)(C)C1CCC([Si](C)(C)C)CC1.C[Si](C)(C)c1ccc([Si](C)(C)C)cc1. The molecule has 1 fully saturated rings. The predicted octanol–water partition coefficient (Wildman–Crippen LogP) is 12.4. The lowest BCUT2D eigenvalue weighted by molar-refractivity contribution is 0.454. The highest BCUT2D eigenvalue weighted by molar-refractivity contribution is 6.90. The Hall–Kier alpha value is 0.521. The molecule has 0 aromatic heterocycles. The van der Waals surface area contributed by atoms with Crippen LogP contribution in [0.4, 0.5) is 0 Å². The number of rotatable bonds is 8. The molecule has 1 aromatic rings. The van der Waals surface area contributed by atoms with Gasteiger partial charge in [0.15, 0.2) is 0 Å². The fraction of sp³-hybridized carbons (Fsp3) is 0.829. The van der Waals surface area contributed by atoms with Gasteiger partial charge in [0.1, 0.15) is 0 Å².